The summed E-state index contributed by atoms with van der Waals surface area (Å²) in [5, 5.41) is 0.981. The Bertz CT molecular complexity index is 273. The molecule has 1 nitrogen and oxygen atoms in total. The fourth-order valence-corrected chi connectivity index (χ4v) is 1.05. The maximum absolute atomic E-state index is 4.03. The minimum Gasteiger partial charge on any atom is -0.197 e. The quantitative estimate of drug-likeness (QED) is 0.485. The lowest BCUT2D eigenvalue weighted by Crippen LogP contribution is -2.15. The van der Waals surface area contributed by atoms with Crippen molar-refractivity contribution in [2.24, 2.45) is 0 Å². The van der Waals surface area contributed by atoms with E-state index in [1.54, 1.807) is 0 Å². The third-order valence-corrected chi connectivity index (χ3v) is 1.90. The number of aryl methyl sites for hydroxylation is 1. The van der Waals surface area contributed by atoms with E-state index in [1.165, 1.54) is 11.5 Å². The maximum Gasteiger partial charge on any atom is 0.0583 e. The van der Waals surface area contributed by atoms with Gasteiger partial charge in [-0.3, -0.25) is 0 Å². The highest BCUT2D eigenvalue weighted by atomic mass is 32.1. The van der Waals surface area contributed by atoms with E-state index in [9.17, 15) is 0 Å². The zero-order valence-corrected chi connectivity index (χ0v) is 5.59. The lowest BCUT2D eigenvalue weighted by Gasteiger charge is -1.70. The molecule has 0 N–H and O–H groups in total. The third kappa shape index (κ3) is 0.670. The van der Waals surface area contributed by atoms with E-state index in [-0.39, 0.29) is 0 Å². The predicted molar refractivity (Wildman–Crippen MR) is 37.1 cm³/mol. The monoisotopic (exact) mass is 125 g/mol. The molecular weight excluding hydrogens is 118 g/mol. The van der Waals surface area contributed by atoms with Crippen LogP contribution in [-0.4, -0.2) is 4.37 Å². The fraction of sp³-hybridized carbons (Fsp3) is 0.167. The summed E-state index contributed by atoms with van der Waals surface area (Å²) in [4.78, 5) is 0. The lowest BCUT2D eigenvalue weighted by molar-refractivity contribution is 1.31. The van der Waals surface area contributed by atoms with E-state index < -0.39 is 0 Å². The summed E-state index contributed by atoms with van der Waals surface area (Å²) in [6.45, 7) is 9.44. The van der Waals surface area contributed by atoms with E-state index in [1.807, 2.05) is 6.92 Å². The van der Waals surface area contributed by atoms with E-state index in [0.29, 0.717) is 0 Å². The van der Waals surface area contributed by atoms with Gasteiger partial charge in [0.1, 0.15) is 0 Å². The first kappa shape index (κ1) is 5.51. The minimum atomic E-state index is 0.975. The Kier molecular flexibility index (Phi) is 1.18. The summed E-state index contributed by atoms with van der Waals surface area (Å²) in [6, 6.07) is 0. The van der Waals surface area contributed by atoms with Crippen LogP contribution in [0.3, 0.4) is 0 Å². The van der Waals surface area contributed by atoms with Gasteiger partial charge in [-0.05, 0) is 18.5 Å². The second-order valence-electron chi connectivity index (χ2n) is 1.67. The van der Waals surface area contributed by atoms with Crippen LogP contribution in [0.1, 0.15) is 5.69 Å². The van der Waals surface area contributed by atoms with Crippen molar-refractivity contribution in [1.82, 2.24) is 4.37 Å². The van der Waals surface area contributed by atoms with Crippen LogP contribution >= 0.6 is 11.5 Å². The van der Waals surface area contributed by atoms with Gasteiger partial charge in [-0.15, -0.1) is 0 Å². The normalized spacial score (nSPS) is 9.62. The molecule has 0 aliphatic rings. The van der Waals surface area contributed by atoms with Crippen molar-refractivity contribution in [3.05, 3.63) is 15.4 Å². The van der Waals surface area contributed by atoms with Crippen molar-refractivity contribution < 1.29 is 0 Å². The summed E-state index contributed by atoms with van der Waals surface area (Å²) < 4.78 is 5.01. The molecule has 0 radical (unpaired) electrons. The molecule has 0 fully saturated rings. The molecule has 0 amide bonds. The van der Waals surface area contributed by atoms with Crippen molar-refractivity contribution in [3.8, 4) is 0 Å². The zero-order chi connectivity index (χ0) is 6.15. The number of rotatable bonds is 0. The van der Waals surface area contributed by atoms with Gasteiger partial charge in [-0.2, -0.15) is 4.37 Å². The van der Waals surface area contributed by atoms with Crippen molar-refractivity contribution in [2.45, 2.75) is 6.92 Å². The maximum atomic E-state index is 4.03. The van der Waals surface area contributed by atoms with Crippen molar-refractivity contribution >= 4 is 24.7 Å². The third-order valence-electron chi connectivity index (χ3n) is 1.07. The molecule has 1 heterocycles. The van der Waals surface area contributed by atoms with Gasteiger partial charge >= 0.3 is 0 Å². The molecule has 0 atom stereocenters. The molecule has 2 heteroatoms. The van der Waals surface area contributed by atoms with Crippen LogP contribution in [0.15, 0.2) is 0 Å². The number of hydrogen-bond donors (Lipinski definition) is 0. The summed E-state index contributed by atoms with van der Waals surface area (Å²) in [5.74, 6) is 0. The van der Waals surface area contributed by atoms with Crippen LogP contribution in [0, 0.1) is 6.92 Å². The molecule has 8 heavy (non-hydrogen) atoms. The van der Waals surface area contributed by atoms with Crippen LogP contribution in [0.4, 0.5) is 0 Å². The summed E-state index contributed by atoms with van der Waals surface area (Å²) in [7, 11) is 0. The van der Waals surface area contributed by atoms with E-state index in [4.69, 9.17) is 0 Å². The van der Waals surface area contributed by atoms with E-state index >= 15 is 0 Å². The van der Waals surface area contributed by atoms with Gasteiger partial charge in [0.15, 0.2) is 0 Å². The topological polar surface area (TPSA) is 12.9 Å². The van der Waals surface area contributed by atoms with Gasteiger partial charge in [0.25, 0.3) is 0 Å². The standard InChI is InChI=1S/C6H7NS/c1-4-5(2)7-8-6(4)3/h1,3H2,2H3. The van der Waals surface area contributed by atoms with Gasteiger partial charge in [-0.1, -0.05) is 13.2 Å². The number of hydrogen-bond acceptors (Lipinski definition) is 2. The second kappa shape index (κ2) is 1.71. The molecule has 0 aromatic carbocycles. The Morgan fingerprint density at radius 2 is 2.12 bits per heavy atom. The molecular formula is C6H7NS. The largest absolute Gasteiger partial charge is 0.197 e. The predicted octanol–water partition coefficient (Wildman–Crippen LogP) is 0.272. The van der Waals surface area contributed by atoms with Gasteiger partial charge < -0.3 is 0 Å². The molecule has 0 spiro atoms. The van der Waals surface area contributed by atoms with Crippen molar-refractivity contribution in [2.75, 3.05) is 0 Å². The Morgan fingerprint density at radius 1 is 1.50 bits per heavy atom. The summed E-state index contributed by atoms with van der Waals surface area (Å²) >= 11 is 1.41. The summed E-state index contributed by atoms with van der Waals surface area (Å²) in [5.41, 5.74) is 1.00. The smallest absolute Gasteiger partial charge is 0.0583 e. The molecule has 0 aliphatic heterocycles. The molecule has 0 bridgehead atoms. The second-order valence-corrected chi connectivity index (χ2v) is 2.53. The van der Waals surface area contributed by atoms with Crippen LogP contribution in [0.25, 0.3) is 13.2 Å². The van der Waals surface area contributed by atoms with Crippen LogP contribution in [0.2, 0.25) is 0 Å². The molecule has 42 valence electrons. The highest BCUT2D eigenvalue weighted by molar-refractivity contribution is 7.03. The van der Waals surface area contributed by atoms with E-state index in [0.717, 1.165) is 15.4 Å². The molecule has 1 aromatic rings. The number of nitrogens with zero attached hydrogens (tertiary/aromatic N) is 1. The molecule has 1 aromatic heterocycles. The Morgan fingerprint density at radius 3 is 2.25 bits per heavy atom. The zero-order valence-electron chi connectivity index (χ0n) is 4.77. The summed E-state index contributed by atoms with van der Waals surface area (Å²) in [6.07, 6.45) is 0. The van der Waals surface area contributed by atoms with Crippen LogP contribution < -0.4 is 9.75 Å². The Balaban J connectivity index is 3.66. The van der Waals surface area contributed by atoms with Gasteiger partial charge in [-0.25, -0.2) is 0 Å². The van der Waals surface area contributed by atoms with Crippen molar-refractivity contribution in [1.29, 1.82) is 0 Å². The van der Waals surface area contributed by atoms with Gasteiger partial charge in [0.2, 0.25) is 0 Å². The molecule has 0 saturated heterocycles. The van der Waals surface area contributed by atoms with Gasteiger partial charge in [0.05, 0.1) is 5.69 Å². The molecule has 1 rings (SSSR count). The Labute approximate surface area is 52.1 Å². The SMILES string of the molecule is C=c1snc(C)c1=C. The first-order valence-corrected chi connectivity index (χ1v) is 3.09. The number of aromatic nitrogens is 1. The highest BCUT2D eigenvalue weighted by Crippen LogP contribution is 1.78. The van der Waals surface area contributed by atoms with Gasteiger partial charge in [0, 0.05) is 9.75 Å². The minimum absolute atomic E-state index is 0.975. The fourth-order valence-electron chi connectivity index (χ4n) is 0.436. The molecule has 0 aliphatic carbocycles. The van der Waals surface area contributed by atoms with Crippen LogP contribution in [0.5, 0.6) is 0 Å². The Hall–Kier alpha value is -0.630. The lowest BCUT2D eigenvalue weighted by atomic mass is 10.4. The molecule has 0 unspecified atom stereocenters. The molecule has 0 saturated carbocycles. The average Bonchev–Trinajstić information content (AvgIpc) is 1.98. The average molecular weight is 125 g/mol. The van der Waals surface area contributed by atoms with Crippen molar-refractivity contribution in [3.63, 3.8) is 0 Å². The van der Waals surface area contributed by atoms with E-state index in [2.05, 4.69) is 17.5 Å². The van der Waals surface area contributed by atoms with Crippen LogP contribution in [-0.2, 0) is 0 Å². The first-order valence-electron chi connectivity index (χ1n) is 2.32. The first-order chi connectivity index (χ1) is 3.72. The highest BCUT2D eigenvalue weighted by Gasteiger charge is 1.87.